The molecule has 0 spiro atoms. The van der Waals surface area contributed by atoms with Crippen LogP contribution in [0.2, 0.25) is 0 Å². The Bertz CT molecular complexity index is 693. The molecule has 19 heavy (non-hydrogen) atoms. The van der Waals surface area contributed by atoms with Gasteiger partial charge in [-0.15, -0.1) is 10.2 Å². The number of carbonyl (C=O) groups is 1. The first-order valence-corrected chi connectivity index (χ1v) is 6.44. The number of thioether (sulfide) groups is 1. The van der Waals surface area contributed by atoms with Gasteiger partial charge in [-0.3, -0.25) is 9.20 Å². The van der Waals surface area contributed by atoms with Gasteiger partial charge < -0.3 is 5.73 Å². The Hall–Kier alpha value is -2.33. The molecule has 7 heteroatoms. The van der Waals surface area contributed by atoms with Gasteiger partial charge in [-0.1, -0.05) is 17.8 Å². The van der Waals surface area contributed by atoms with Crippen LogP contribution < -0.4 is 5.73 Å². The van der Waals surface area contributed by atoms with Crippen LogP contribution in [0.3, 0.4) is 0 Å². The zero-order valence-electron chi connectivity index (χ0n) is 10.2. The summed E-state index contributed by atoms with van der Waals surface area (Å²) in [5.41, 5.74) is 6.43. The maximum Gasteiger partial charge on any atom is 0.196 e. The van der Waals surface area contributed by atoms with E-state index in [0.29, 0.717) is 10.8 Å². The quantitative estimate of drug-likeness (QED) is 0.510. The number of allylic oxidation sites excluding steroid dienone is 2. The largest absolute Gasteiger partial charge is 0.401 e. The molecule has 0 aliphatic heterocycles. The molecule has 2 aromatic rings. The molecule has 0 aliphatic carbocycles. The molecule has 6 nitrogen and oxygen atoms in total. The Morgan fingerprint density at radius 1 is 1.53 bits per heavy atom. The lowest BCUT2D eigenvalue weighted by molar-refractivity contribution is -0.112. The maximum atomic E-state index is 11.8. The van der Waals surface area contributed by atoms with E-state index in [1.54, 1.807) is 4.40 Å². The highest BCUT2D eigenvalue weighted by Crippen LogP contribution is 2.18. The minimum atomic E-state index is -0.305. The van der Waals surface area contributed by atoms with Crippen molar-refractivity contribution in [1.82, 2.24) is 14.6 Å². The first-order valence-electron chi connectivity index (χ1n) is 5.45. The van der Waals surface area contributed by atoms with E-state index in [4.69, 9.17) is 11.0 Å². The predicted octanol–water partition coefficient (Wildman–Crippen LogP) is 1.15. The van der Waals surface area contributed by atoms with E-state index in [1.807, 2.05) is 30.5 Å². The minimum absolute atomic E-state index is 0.00122. The van der Waals surface area contributed by atoms with Crippen molar-refractivity contribution in [2.45, 2.75) is 12.1 Å². The summed E-state index contributed by atoms with van der Waals surface area (Å²) in [4.78, 5) is 11.8. The summed E-state index contributed by atoms with van der Waals surface area (Å²) in [6.45, 7) is 1.54. The van der Waals surface area contributed by atoms with Crippen LogP contribution >= 0.6 is 11.8 Å². The average molecular weight is 273 g/mol. The smallest absolute Gasteiger partial charge is 0.196 e. The summed E-state index contributed by atoms with van der Waals surface area (Å²) in [6.07, 6.45) is 1.82. The summed E-state index contributed by atoms with van der Waals surface area (Å²) < 4.78 is 1.78. The molecule has 96 valence electrons. The second-order valence-corrected chi connectivity index (χ2v) is 4.74. The molecule has 0 unspecified atom stereocenters. The molecule has 0 saturated heterocycles. The molecule has 2 aromatic heterocycles. The number of carbonyl (C=O) groups excluding carboxylic acids is 1. The van der Waals surface area contributed by atoms with Crippen LogP contribution in [0.5, 0.6) is 0 Å². The molecule has 0 radical (unpaired) electrons. The SMILES string of the molecule is CC(N)=C(C#N)C(=O)CSc1nnc2ccccn12. The molecule has 0 aliphatic rings. The predicted molar refractivity (Wildman–Crippen MR) is 71.2 cm³/mol. The average Bonchev–Trinajstić information content (AvgIpc) is 2.80. The summed E-state index contributed by atoms with van der Waals surface area (Å²) in [6, 6.07) is 7.35. The molecule has 0 atom stereocenters. The van der Waals surface area contributed by atoms with Crippen molar-refractivity contribution in [3.8, 4) is 6.07 Å². The topological polar surface area (TPSA) is 97.1 Å². The van der Waals surface area contributed by atoms with E-state index < -0.39 is 0 Å². The van der Waals surface area contributed by atoms with Crippen LogP contribution in [0.25, 0.3) is 5.65 Å². The number of aromatic nitrogens is 3. The number of ketones is 1. The van der Waals surface area contributed by atoms with Gasteiger partial charge >= 0.3 is 0 Å². The van der Waals surface area contributed by atoms with Gasteiger partial charge in [-0.2, -0.15) is 5.26 Å². The third-order valence-electron chi connectivity index (χ3n) is 2.40. The van der Waals surface area contributed by atoms with Gasteiger partial charge in [-0.05, 0) is 19.1 Å². The van der Waals surface area contributed by atoms with Crippen LogP contribution in [-0.2, 0) is 4.79 Å². The van der Waals surface area contributed by atoms with Crippen LogP contribution in [-0.4, -0.2) is 26.1 Å². The van der Waals surface area contributed by atoms with Gasteiger partial charge in [-0.25, -0.2) is 0 Å². The van der Waals surface area contributed by atoms with Crippen molar-refractivity contribution in [2.24, 2.45) is 5.73 Å². The zero-order valence-corrected chi connectivity index (χ0v) is 11.0. The first-order chi connectivity index (χ1) is 9.13. The Morgan fingerprint density at radius 3 is 3.00 bits per heavy atom. The number of nitrogens with zero attached hydrogens (tertiary/aromatic N) is 4. The molecule has 0 bridgehead atoms. The number of nitriles is 1. The van der Waals surface area contributed by atoms with E-state index >= 15 is 0 Å². The van der Waals surface area contributed by atoms with Crippen molar-refractivity contribution in [3.05, 3.63) is 35.7 Å². The van der Waals surface area contributed by atoms with E-state index in [2.05, 4.69) is 10.2 Å². The lowest BCUT2D eigenvalue weighted by atomic mass is 10.2. The monoisotopic (exact) mass is 273 g/mol. The number of rotatable bonds is 4. The van der Waals surface area contributed by atoms with Gasteiger partial charge in [0.2, 0.25) is 0 Å². The molecule has 0 saturated carbocycles. The van der Waals surface area contributed by atoms with Crippen LogP contribution in [0.4, 0.5) is 0 Å². The number of hydrogen-bond acceptors (Lipinski definition) is 6. The summed E-state index contributed by atoms with van der Waals surface area (Å²) in [7, 11) is 0. The normalized spacial score (nSPS) is 12.0. The zero-order chi connectivity index (χ0) is 13.8. The fraction of sp³-hybridized carbons (Fsp3) is 0.167. The third kappa shape index (κ3) is 2.74. The van der Waals surface area contributed by atoms with Gasteiger partial charge in [0.1, 0.15) is 11.6 Å². The molecular weight excluding hydrogens is 262 g/mol. The second-order valence-electron chi connectivity index (χ2n) is 3.79. The highest BCUT2D eigenvalue weighted by molar-refractivity contribution is 7.99. The summed E-state index contributed by atoms with van der Waals surface area (Å²) in [5, 5.41) is 17.4. The van der Waals surface area contributed by atoms with Crippen LogP contribution in [0.1, 0.15) is 6.92 Å². The number of nitrogens with two attached hydrogens (primary N) is 1. The standard InChI is InChI=1S/C12H11N5OS/c1-8(14)9(6-13)10(18)7-19-12-16-15-11-4-2-3-5-17(11)12/h2-5H,7,14H2,1H3. The molecule has 2 rings (SSSR count). The van der Waals surface area contributed by atoms with E-state index in [-0.39, 0.29) is 22.8 Å². The summed E-state index contributed by atoms with van der Waals surface area (Å²) in [5.74, 6) is -0.201. The highest BCUT2D eigenvalue weighted by atomic mass is 32.2. The molecule has 2 N–H and O–H groups in total. The van der Waals surface area contributed by atoms with Crippen LogP contribution in [0, 0.1) is 11.3 Å². The van der Waals surface area contributed by atoms with E-state index in [1.165, 1.54) is 18.7 Å². The van der Waals surface area contributed by atoms with Crippen molar-refractivity contribution >= 4 is 23.2 Å². The number of pyridine rings is 1. The molecular formula is C12H11N5OS. The van der Waals surface area contributed by atoms with Crippen molar-refractivity contribution in [2.75, 3.05) is 5.75 Å². The number of hydrogen-bond donors (Lipinski definition) is 1. The maximum absolute atomic E-state index is 11.8. The molecule has 2 heterocycles. The Kier molecular flexibility index (Phi) is 3.82. The van der Waals surface area contributed by atoms with E-state index in [9.17, 15) is 4.79 Å². The third-order valence-corrected chi connectivity index (χ3v) is 3.34. The number of fused-ring (bicyclic) bond motifs is 1. The van der Waals surface area contributed by atoms with Crippen molar-refractivity contribution in [1.29, 1.82) is 5.26 Å². The second kappa shape index (κ2) is 5.54. The summed E-state index contributed by atoms with van der Waals surface area (Å²) >= 11 is 1.22. The Labute approximate surface area is 113 Å². The molecule has 0 fully saturated rings. The lowest BCUT2D eigenvalue weighted by Crippen LogP contribution is -2.10. The van der Waals surface area contributed by atoms with Crippen LogP contribution in [0.15, 0.2) is 40.8 Å². The molecule has 0 amide bonds. The van der Waals surface area contributed by atoms with Gasteiger partial charge in [0, 0.05) is 11.9 Å². The van der Waals surface area contributed by atoms with Gasteiger partial charge in [0.05, 0.1) is 5.75 Å². The first kappa shape index (κ1) is 13.1. The highest BCUT2D eigenvalue weighted by Gasteiger charge is 2.14. The lowest BCUT2D eigenvalue weighted by Gasteiger charge is -2.00. The van der Waals surface area contributed by atoms with Crippen molar-refractivity contribution < 1.29 is 4.79 Å². The molecule has 0 aromatic carbocycles. The Morgan fingerprint density at radius 2 is 2.32 bits per heavy atom. The minimum Gasteiger partial charge on any atom is -0.401 e. The Balaban J connectivity index is 2.14. The number of Topliss-reactive ketones (excluding diaryl/α,β-unsaturated/α-hetero) is 1. The van der Waals surface area contributed by atoms with Gasteiger partial charge in [0.25, 0.3) is 0 Å². The fourth-order valence-electron chi connectivity index (χ4n) is 1.49. The van der Waals surface area contributed by atoms with Crippen molar-refractivity contribution in [3.63, 3.8) is 0 Å². The van der Waals surface area contributed by atoms with Gasteiger partial charge in [0.15, 0.2) is 16.6 Å². The fourth-order valence-corrected chi connectivity index (χ4v) is 2.29. The van der Waals surface area contributed by atoms with E-state index in [0.717, 1.165) is 0 Å².